The lowest BCUT2D eigenvalue weighted by atomic mass is 9.75. The lowest BCUT2D eigenvalue weighted by Gasteiger charge is -2.37. The van der Waals surface area contributed by atoms with E-state index in [2.05, 4.69) is 27.6 Å². The van der Waals surface area contributed by atoms with Gasteiger partial charge in [0.1, 0.15) is 5.75 Å². The van der Waals surface area contributed by atoms with Gasteiger partial charge >= 0.3 is 0 Å². The fourth-order valence-electron chi connectivity index (χ4n) is 2.87. The Labute approximate surface area is 124 Å². The lowest BCUT2D eigenvalue weighted by Crippen LogP contribution is -2.41. The Morgan fingerprint density at radius 1 is 1.33 bits per heavy atom. The molecule has 3 rings (SSSR count). The third-order valence-electron chi connectivity index (χ3n) is 4.07. The van der Waals surface area contributed by atoms with Gasteiger partial charge in [-0.2, -0.15) is 4.98 Å². The van der Waals surface area contributed by atoms with Crippen LogP contribution < -0.4 is 10.1 Å². The number of aromatic nitrogens is 2. The molecule has 0 saturated heterocycles. The fraction of sp³-hybridized carbons (Fsp3) is 0.500. The van der Waals surface area contributed by atoms with Crippen molar-refractivity contribution < 1.29 is 9.26 Å². The van der Waals surface area contributed by atoms with Crippen LogP contribution in [0, 0.1) is 6.92 Å². The number of nitrogens with one attached hydrogen (secondary N) is 1. The molecule has 0 unspecified atom stereocenters. The zero-order chi connectivity index (χ0) is 14.7. The van der Waals surface area contributed by atoms with E-state index in [0.717, 1.165) is 37.4 Å². The monoisotopic (exact) mass is 287 g/mol. The molecule has 0 bridgehead atoms. The summed E-state index contributed by atoms with van der Waals surface area (Å²) in [5, 5.41) is 7.45. The molecule has 1 saturated carbocycles. The summed E-state index contributed by atoms with van der Waals surface area (Å²) in [6, 6.07) is 8.88. The van der Waals surface area contributed by atoms with Crippen molar-refractivity contribution in [3.05, 3.63) is 41.5 Å². The van der Waals surface area contributed by atoms with Crippen LogP contribution in [0.3, 0.4) is 0 Å². The molecule has 0 aliphatic heterocycles. The van der Waals surface area contributed by atoms with E-state index in [-0.39, 0.29) is 0 Å². The van der Waals surface area contributed by atoms with Gasteiger partial charge in [0, 0.05) is 25.9 Å². The van der Waals surface area contributed by atoms with E-state index >= 15 is 0 Å². The minimum atomic E-state index is 0.577. The van der Waals surface area contributed by atoms with Gasteiger partial charge in [0.2, 0.25) is 5.89 Å². The standard InChI is InChI=1S/C16H21N3O2/c1-11-18-16(19-21-11)7-8-17-13-9-12(10-13)14-5-3-4-6-15(14)20-2/h3-6,12-13,17H,7-10H2,1-2H3. The number of rotatable bonds is 6. The molecule has 21 heavy (non-hydrogen) atoms. The van der Waals surface area contributed by atoms with Crippen LogP contribution in [-0.2, 0) is 6.42 Å². The first-order valence-corrected chi connectivity index (χ1v) is 7.41. The van der Waals surface area contributed by atoms with Crippen molar-refractivity contribution in [3.8, 4) is 5.75 Å². The van der Waals surface area contributed by atoms with Crippen molar-refractivity contribution in [1.29, 1.82) is 0 Å². The molecule has 5 heteroatoms. The maximum Gasteiger partial charge on any atom is 0.223 e. The molecule has 2 aromatic rings. The van der Waals surface area contributed by atoms with Crippen LogP contribution in [0.5, 0.6) is 5.75 Å². The lowest BCUT2D eigenvalue weighted by molar-refractivity contribution is 0.284. The quantitative estimate of drug-likeness (QED) is 0.884. The van der Waals surface area contributed by atoms with Gasteiger partial charge in [-0.15, -0.1) is 0 Å². The second kappa shape index (κ2) is 6.26. The summed E-state index contributed by atoms with van der Waals surface area (Å²) < 4.78 is 10.4. The first-order chi connectivity index (χ1) is 10.3. The molecule has 1 aliphatic rings. The summed E-state index contributed by atoms with van der Waals surface area (Å²) in [4.78, 5) is 4.20. The highest BCUT2D eigenvalue weighted by Gasteiger charge is 2.31. The molecule has 1 aromatic carbocycles. The van der Waals surface area contributed by atoms with Crippen molar-refractivity contribution in [1.82, 2.24) is 15.5 Å². The molecule has 5 nitrogen and oxygen atoms in total. The minimum Gasteiger partial charge on any atom is -0.496 e. The van der Waals surface area contributed by atoms with Crippen molar-refractivity contribution in [2.45, 2.75) is 38.1 Å². The Kier molecular flexibility index (Phi) is 4.20. The Balaban J connectivity index is 1.43. The molecular formula is C16H21N3O2. The average Bonchev–Trinajstić information content (AvgIpc) is 2.87. The number of benzene rings is 1. The van der Waals surface area contributed by atoms with E-state index in [1.807, 2.05) is 19.1 Å². The summed E-state index contributed by atoms with van der Waals surface area (Å²) in [5.41, 5.74) is 1.33. The number of para-hydroxylation sites is 1. The molecule has 0 spiro atoms. The highest BCUT2D eigenvalue weighted by atomic mass is 16.5. The second-order valence-electron chi connectivity index (χ2n) is 5.54. The maximum absolute atomic E-state index is 5.43. The summed E-state index contributed by atoms with van der Waals surface area (Å²) >= 11 is 0. The van der Waals surface area contributed by atoms with E-state index in [1.165, 1.54) is 5.56 Å². The normalized spacial score (nSPS) is 21.0. The SMILES string of the molecule is COc1ccccc1C1CC(NCCc2noc(C)n2)C1. The third kappa shape index (κ3) is 3.24. The molecule has 0 radical (unpaired) electrons. The van der Waals surface area contributed by atoms with Crippen LogP contribution in [-0.4, -0.2) is 29.8 Å². The smallest absolute Gasteiger partial charge is 0.223 e. The number of hydrogen-bond donors (Lipinski definition) is 1. The first-order valence-electron chi connectivity index (χ1n) is 7.41. The summed E-state index contributed by atoms with van der Waals surface area (Å²) in [6.45, 7) is 2.70. The Bertz CT molecular complexity index is 591. The molecule has 1 N–H and O–H groups in total. The molecule has 1 fully saturated rings. The van der Waals surface area contributed by atoms with E-state index in [9.17, 15) is 0 Å². The molecule has 0 atom stereocenters. The number of ether oxygens (including phenoxy) is 1. The minimum absolute atomic E-state index is 0.577. The zero-order valence-electron chi connectivity index (χ0n) is 12.5. The molecule has 112 valence electrons. The van der Waals surface area contributed by atoms with Gasteiger partial charge in [-0.1, -0.05) is 23.4 Å². The summed E-state index contributed by atoms with van der Waals surface area (Å²) in [5.74, 6) is 3.01. The largest absolute Gasteiger partial charge is 0.496 e. The van der Waals surface area contributed by atoms with Crippen molar-refractivity contribution in [3.63, 3.8) is 0 Å². The van der Waals surface area contributed by atoms with Gasteiger partial charge in [0.25, 0.3) is 0 Å². The van der Waals surface area contributed by atoms with Crippen molar-refractivity contribution in [2.75, 3.05) is 13.7 Å². The highest BCUT2D eigenvalue weighted by molar-refractivity contribution is 5.37. The first kappa shape index (κ1) is 14.1. The topological polar surface area (TPSA) is 60.2 Å². The van der Waals surface area contributed by atoms with Crippen LogP contribution >= 0.6 is 0 Å². The van der Waals surface area contributed by atoms with E-state index in [0.29, 0.717) is 17.9 Å². The Morgan fingerprint density at radius 2 is 2.14 bits per heavy atom. The molecule has 1 heterocycles. The number of aryl methyl sites for hydroxylation is 1. The molecular weight excluding hydrogens is 266 g/mol. The van der Waals surface area contributed by atoms with Crippen LogP contribution in [0.15, 0.2) is 28.8 Å². The Morgan fingerprint density at radius 3 is 2.86 bits per heavy atom. The van der Waals surface area contributed by atoms with Crippen LogP contribution in [0.4, 0.5) is 0 Å². The highest BCUT2D eigenvalue weighted by Crippen LogP contribution is 2.40. The van der Waals surface area contributed by atoms with Gasteiger partial charge in [-0.3, -0.25) is 0 Å². The van der Waals surface area contributed by atoms with E-state index in [1.54, 1.807) is 7.11 Å². The number of hydrogen-bond acceptors (Lipinski definition) is 5. The summed E-state index contributed by atoms with van der Waals surface area (Å²) in [7, 11) is 1.74. The zero-order valence-corrected chi connectivity index (χ0v) is 12.5. The van der Waals surface area contributed by atoms with Crippen LogP contribution in [0.1, 0.15) is 36.0 Å². The van der Waals surface area contributed by atoms with Gasteiger partial charge < -0.3 is 14.6 Å². The van der Waals surface area contributed by atoms with Crippen LogP contribution in [0.25, 0.3) is 0 Å². The third-order valence-corrected chi connectivity index (χ3v) is 4.07. The second-order valence-corrected chi connectivity index (χ2v) is 5.54. The van der Waals surface area contributed by atoms with E-state index in [4.69, 9.17) is 9.26 Å². The van der Waals surface area contributed by atoms with Gasteiger partial charge in [-0.05, 0) is 30.4 Å². The summed E-state index contributed by atoms with van der Waals surface area (Å²) in [6.07, 6.45) is 3.13. The number of methoxy groups -OCH3 is 1. The Hall–Kier alpha value is -1.88. The van der Waals surface area contributed by atoms with Gasteiger partial charge in [0.15, 0.2) is 5.82 Å². The van der Waals surface area contributed by atoms with Crippen molar-refractivity contribution >= 4 is 0 Å². The molecule has 1 aromatic heterocycles. The predicted molar refractivity (Wildman–Crippen MR) is 79.5 cm³/mol. The van der Waals surface area contributed by atoms with Gasteiger partial charge in [0.05, 0.1) is 7.11 Å². The molecule has 0 amide bonds. The van der Waals surface area contributed by atoms with Crippen molar-refractivity contribution in [2.24, 2.45) is 0 Å². The molecule has 1 aliphatic carbocycles. The van der Waals surface area contributed by atoms with Crippen LogP contribution in [0.2, 0.25) is 0 Å². The average molecular weight is 287 g/mol. The number of nitrogens with zero attached hydrogens (tertiary/aromatic N) is 2. The predicted octanol–water partition coefficient (Wildman–Crippen LogP) is 2.46. The fourth-order valence-corrected chi connectivity index (χ4v) is 2.87. The maximum atomic E-state index is 5.43. The van der Waals surface area contributed by atoms with Gasteiger partial charge in [-0.25, -0.2) is 0 Å². The van der Waals surface area contributed by atoms with E-state index < -0.39 is 0 Å².